The average Bonchev–Trinajstić information content (AvgIpc) is 2.34. The van der Waals surface area contributed by atoms with Gasteiger partial charge in [0.2, 0.25) is 0 Å². The number of carbonyl (C=O) groups is 1. The molecule has 0 saturated heterocycles. The molecule has 0 saturated carbocycles. The highest BCUT2D eigenvalue weighted by Crippen LogP contribution is 2.26. The average molecular weight is 256 g/mol. The first-order chi connectivity index (χ1) is 8.65. The van der Waals surface area contributed by atoms with E-state index in [4.69, 9.17) is 0 Å². The second-order valence-electron chi connectivity index (χ2n) is 5.56. The lowest BCUT2D eigenvalue weighted by atomic mass is 9.85. The van der Waals surface area contributed by atoms with Crippen LogP contribution in [0.3, 0.4) is 0 Å². The van der Waals surface area contributed by atoms with Crippen molar-refractivity contribution in [3.05, 3.63) is 0 Å². The molecule has 108 valence electrons. The summed E-state index contributed by atoms with van der Waals surface area (Å²) in [6.45, 7) is 6.55. The van der Waals surface area contributed by atoms with Crippen molar-refractivity contribution in [1.29, 1.82) is 0 Å². The number of aliphatic carboxylic acids is 1. The van der Waals surface area contributed by atoms with Gasteiger partial charge >= 0.3 is 5.97 Å². The summed E-state index contributed by atoms with van der Waals surface area (Å²) < 4.78 is 0. The predicted molar refractivity (Wildman–Crippen MR) is 77.8 cm³/mol. The van der Waals surface area contributed by atoms with Crippen LogP contribution in [0.4, 0.5) is 0 Å². The Labute approximate surface area is 113 Å². The maximum Gasteiger partial charge on any atom is 0.306 e. The Morgan fingerprint density at radius 1 is 0.889 bits per heavy atom. The first-order valence-electron chi connectivity index (χ1n) is 7.88. The number of unbranched alkanes of at least 4 members (excludes halogenated alkanes) is 3. The molecule has 0 amide bonds. The molecule has 18 heavy (non-hydrogen) atoms. The molecule has 0 aromatic rings. The first-order valence-corrected chi connectivity index (χ1v) is 7.88. The Bertz CT molecular complexity index is 201. The summed E-state index contributed by atoms with van der Waals surface area (Å²) in [5.41, 5.74) is 0. The van der Waals surface area contributed by atoms with E-state index in [1.165, 1.54) is 38.5 Å². The Morgan fingerprint density at radius 2 is 1.56 bits per heavy atom. The van der Waals surface area contributed by atoms with Crippen molar-refractivity contribution in [2.45, 2.75) is 85.0 Å². The zero-order valence-electron chi connectivity index (χ0n) is 12.6. The van der Waals surface area contributed by atoms with Gasteiger partial charge in [-0.1, -0.05) is 72.1 Å². The fraction of sp³-hybridized carbons (Fsp3) is 0.938. The van der Waals surface area contributed by atoms with Gasteiger partial charge in [0.25, 0.3) is 0 Å². The van der Waals surface area contributed by atoms with E-state index >= 15 is 0 Å². The van der Waals surface area contributed by atoms with Gasteiger partial charge in [-0.25, -0.2) is 0 Å². The SMILES string of the molecule is CCCCCC(CCC)CC(CCCC)C(=O)O. The Kier molecular flexibility index (Phi) is 11.2. The second-order valence-corrected chi connectivity index (χ2v) is 5.56. The molecule has 0 spiro atoms. The van der Waals surface area contributed by atoms with E-state index in [1.54, 1.807) is 0 Å². The summed E-state index contributed by atoms with van der Waals surface area (Å²) >= 11 is 0. The molecule has 0 fully saturated rings. The Balaban J connectivity index is 4.17. The number of hydrogen-bond acceptors (Lipinski definition) is 1. The molecule has 0 aliphatic rings. The summed E-state index contributed by atoms with van der Waals surface area (Å²) in [7, 11) is 0. The van der Waals surface area contributed by atoms with E-state index in [0.717, 1.165) is 25.7 Å². The molecule has 0 aromatic carbocycles. The van der Waals surface area contributed by atoms with E-state index < -0.39 is 5.97 Å². The lowest BCUT2D eigenvalue weighted by Crippen LogP contribution is -2.18. The zero-order chi connectivity index (χ0) is 13.8. The highest BCUT2D eigenvalue weighted by molar-refractivity contribution is 5.69. The maximum atomic E-state index is 11.3. The van der Waals surface area contributed by atoms with Crippen LogP contribution in [0.1, 0.15) is 85.0 Å². The van der Waals surface area contributed by atoms with Gasteiger partial charge < -0.3 is 5.11 Å². The summed E-state index contributed by atoms with van der Waals surface area (Å²) in [6, 6.07) is 0. The lowest BCUT2D eigenvalue weighted by molar-refractivity contribution is -0.142. The summed E-state index contributed by atoms with van der Waals surface area (Å²) in [5, 5.41) is 9.29. The number of hydrogen-bond donors (Lipinski definition) is 1. The zero-order valence-corrected chi connectivity index (χ0v) is 12.6. The minimum absolute atomic E-state index is 0.108. The molecule has 2 atom stereocenters. The third-order valence-electron chi connectivity index (χ3n) is 3.79. The number of rotatable bonds is 12. The monoisotopic (exact) mass is 256 g/mol. The molecular formula is C16H32O2. The van der Waals surface area contributed by atoms with E-state index in [2.05, 4.69) is 20.8 Å². The van der Waals surface area contributed by atoms with Crippen molar-refractivity contribution >= 4 is 5.97 Å². The van der Waals surface area contributed by atoms with Crippen LogP contribution in [0.25, 0.3) is 0 Å². The normalized spacial score (nSPS) is 14.4. The Morgan fingerprint density at radius 3 is 2.06 bits per heavy atom. The molecule has 0 radical (unpaired) electrons. The van der Waals surface area contributed by atoms with Crippen LogP contribution in [-0.2, 0) is 4.79 Å². The van der Waals surface area contributed by atoms with Gasteiger partial charge in [0.15, 0.2) is 0 Å². The molecule has 0 heterocycles. The predicted octanol–water partition coefficient (Wildman–Crippen LogP) is 5.26. The van der Waals surface area contributed by atoms with E-state index in [-0.39, 0.29) is 5.92 Å². The van der Waals surface area contributed by atoms with Gasteiger partial charge in [0.05, 0.1) is 5.92 Å². The van der Waals surface area contributed by atoms with Crippen LogP contribution in [0.2, 0.25) is 0 Å². The molecular weight excluding hydrogens is 224 g/mol. The molecule has 0 bridgehead atoms. The maximum absolute atomic E-state index is 11.3. The second kappa shape index (κ2) is 11.6. The first kappa shape index (κ1) is 17.5. The summed E-state index contributed by atoms with van der Waals surface area (Å²) in [4.78, 5) is 11.3. The van der Waals surface area contributed by atoms with Gasteiger partial charge in [-0.3, -0.25) is 4.79 Å². The molecule has 0 aromatic heterocycles. The quantitative estimate of drug-likeness (QED) is 0.483. The van der Waals surface area contributed by atoms with Crippen LogP contribution in [0, 0.1) is 11.8 Å². The lowest BCUT2D eigenvalue weighted by Gasteiger charge is -2.20. The fourth-order valence-corrected chi connectivity index (χ4v) is 2.67. The van der Waals surface area contributed by atoms with Gasteiger partial charge in [0.1, 0.15) is 0 Å². The van der Waals surface area contributed by atoms with Crippen LogP contribution < -0.4 is 0 Å². The molecule has 0 rings (SSSR count). The fourth-order valence-electron chi connectivity index (χ4n) is 2.67. The topological polar surface area (TPSA) is 37.3 Å². The van der Waals surface area contributed by atoms with E-state index in [0.29, 0.717) is 5.92 Å². The standard InChI is InChI=1S/C16H32O2/c1-4-7-9-11-14(10-6-3)13-15(16(17)18)12-8-5-2/h14-15H,4-13H2,1-3H3,(H,17,18). The van der Waals surface area contributed by atoms with Gasteiger partial charge in [-0.05, 0) is 18.8 Å². The molecule has 2 heteroatoms. The summed E-state index contributed by atoms with van der Waals surface area (Å²) in [6.07, 6.45) is 11.3. The highest BCUT2D eigenvalue weighted by atomic mass is 16.4. The molecule has 1 N–H and O–H groups in total. The van der Waals surface area contributed by atoms with Crippen molar-refractivity contribution < 1.29 is 9.90 Å². The van der Waals surface area contributed by atoms with Crippen molar-refractivity contribution in [1.82, 2.24) is 0 Å². The van der Waals surface area contributed by atoms with Gasteiger partial charge in [-0.15, -0.1) is 0 Å². The summed E-state index contributed by atoms with van der Waals surface area (Å²) in [5.74, 6) is -0.0670. The largest absolute Gasteiger partial charge is 0.481 e. The van der Waals surface area contributed by atoms with Crippen molar-refractivity contribution in [3.63, 3.8) is 0 Å². The molecule has 2 nitrogen and oxygen atoms in total. The van der Waals surface area contributed by atoms with Crippen LogP contribution in [0.5, 0.6) is 0 Å². The van der Waals surface area contributed by atoms with Crippen LogP contribution in [0.15, 0.2) is 0 Å². The highest BCUT2D eigenvalue weighted by Gasteiger charge is 2.21. The molecule has 0 aliphatic carbocycles. The van der Waals surface area contributed by atoms with E-state index in [9.17, 15) is 9.90 Å². The van der Waals surface area contributed by atoms with Gasteiger partial charge in [0, 0.05) is 0 Å². The smallest absolute Gasteiger partial charge is 0.306 e. The van der Waals surface area contributed by atoms with Crippen LogP contribution in [-0.4, -0.2) is 11.1 Å². The molecule has 2 unspecified atom stereocenters. The van der Waals surface area contributed by atoms with Crippen molar-refractivity contribution in [2.24, 2.45) is 11.8 Å². The third kappa shape index (κ3) is 8.54. The van der Waals surface area contributed by atoms with Crippen LogP contribution >= 0.6 is 0 Å². The van der Waals surface area contributed by atoms with Crippen molar-refractivity contribution in [2.75, 3.05) is 0 Å². The van der Waals surface area contributed by atoms with Crippen molar-refractivity contribution in [3.8, 4) is 0 Å². The minimum Gasteiger partial charge on any atom is -0.481 e. The number of carboxylic acid groups (broad SMARTS) is 1. The van der Waals surface area contributed by atoms with E-state index in [1.807, 2.05) is 0 Å². The molecule has 0 aliphatic heterocycles. The third-order valence-corrected chi connectivity index (χ3v) is 3.79. The van der Waals surface area contributed by atoms with Gasteiger partial charge in [-0.2, -0.15) is 0 Å². The number of carboxylic acids is 1. The Hall–Kier alpha value is -0.530. The minimum atomic E-state index is -0.583.